The molecule has 1 aromatic rings. The fourth-order valence-corrected chi connectivity index (χ4v) is 2.04. The highest BCUT2D eigenvalue weighted by Gasteiger charge is 2.19. The molecule has 0 fully saturated rings. The van der Waals surface area contributed by atoms with E-state index in [1.165, 1.54) is 12.1 Å². The van der Waals surface area contributed by atoms with Crippen LogP contribution in [0, 0.1) is 0 Å². The van der Waals surface area contributed by atoms with Crippen molar-refractivity contribution in [2.75, 3.05) is 7.05 Å². The SMILES string of the molecule is C=C1C=CC=CC(OC(=O)C(O)Cc2ccc(O)c(ONC)c2)=C1. The van der Waals surface area contributed by atoms with Crippen molar-refractivity contribution in [3.8, 4) is 11.5 Å². The van der Waals surface area contributed by atoms with Crippen LogP contribution in [0.25, 0.3) is 0 Å². The van der Waals surface area contributed by atoms with Gasteiger partial charge in [-0.25, -0.2) is 4.79 Å². The van der Waals surface area contributed by atoms with Gasteiger partial charge < -0.3 is 19.8 Å². The summed E-state index contributed by atoms with van der Waals surface area (Å²) < 4.78 is 5.17. The maximum Gasteiger partial charge on any atom is 0.340 e. The molecular formula is C18H19NO5. The largest absolute Gasteiger partial charge is 0.504 e. The first-order chi connectivity index (χ1) is 11.5. The van der Waals surface area contributed by atoms with Crippen LogP contribution < -0.4 is 10.3 Å². The van der Waals surface area contributed by atoms with E-state index in [2.05, 4.69) is 12.1 Å². The Hall–Kier alpha value is -2.83. The van der Waals surface area contributed by atoms with Crippen LogP contribution in [0.3, 0.4) is 0 Å². The summed E-state index contributed by atoms with van der Waals surface area (Å²) in [4.78, 5) is 17.1. The van der Waals surface area contributed by atoms with E-state index >= 15 is 0 Å². The lowest BCUT2D eigenvalue weighted by atomic mass is 10.1. The lowest BCUT2D eigenvalue weighted by Gasteiger charge is -2.12. The summed E-state index contributed by atoms with van der Waals surface area (Å²) in [5.41, 5.74) is 3.74. The minimum Gasteiger partial charge on any atom is -0.504 e. The van der Waals surface area contributed by atoms with Crippen LogP contribution in [0.15, 0.2) is 66.5 Å². The summed E-state index contributed by atoms with van der Waals surface area (Å²) in [6.45, 7) is 3.78. The third-order valence-corrected chi connectivity index (χ3v) is 3.17. The number of phenols is 1. The molecule has 0 heterocycles. The minimum absolute atomic E-state index is 0.0232. The Morgan fingerprint density at radius 2 is 2.08 bits per heavy atom. The number of rotatable bonds is 6. The average molecular weight is 329 g/mol. The normalized spacial score (nSPS) is 14.8. The van der Waals surface area contributed by atoms with Gasteiger partial charge in [-0.3, -0.25) is 0 Å². The summed E-state index contributed by atoms with van der Waals surface area (Å²) in [5.74, 6) is -0.319. The van der Waals surface area contributed by atoms with Gasteiger partial charge in [0.25, 0.3) is 0 Å². The zero-order chi connectivity index (χ0) is 17.5. The number of benzene rings is 1. The molecule has 0 amide bonds. The molecule has 6 heteroatoms. The van der Waals surface area contributed by atoms with Gasteiger partial charge in [0.2, 0.25) is 0 Å². The Bertz CT molecular complexity index is 718. The van der Waals surface area contributed by atoms with Crippen molar-refractivity contribution in [1.82, 2.24) is 5.48 Å². The number of phenolic OH excluding ortho intramolecular Hbond substituents is 1. The van der Waals surface area contributed by atoms with Crippen LogP contribution >= 0.6 is 0 Å². The fraction of sp³-hybridized carbons (Fsp3) is 0.167. The second kappa shape index (κ2) is 8.14. The van der Waals surface area contributed by atoms with E-state index < -0.39 is 12.1 Å². The van der Waals surface area contributed by atoms with E-state index in [1.807, 2.05) is 0 Å². The topological polar surface area (TPSA) is 88.0 Å². The predicted molar refractivity (Wildman–Crippen MR) is 89.1 cm³/mol. The molecular weight excluding hydrogens is 310 g/mol. The molecule has 24 heavy (non-hydrogen) atoms. The van der Waals surface area contributed by atoms with Gasteiger partial charge in [-0.15, -0.1) is 0 Å². The molecule has 1 unspecified atom stereocenters. The Morgan fingerprint density at radius 3 is 2.83 bits per heavy atom. The number of aliphatic hydroxyl groups excluding tert-OH is 1. The van der Waals surface area contributed by atoms with Crippen molar-refractivity contribution in [3.05, 3.63) is 72.1 Å². The van der Waals surface area contributed by atoms with E-state index in [0.29, 0.717) is 16.9 Å². The van der Waals surface area contributed by atoms with Crippen molar-refractivity contribution in [3.63, 3.8) is 0 Å². The van der Waals surface area contributed by atoms with Gasteiger partial charge in [-0.2, -0.15) is 5.48 Å². The molecule has 3 N–H and O–H groups in total. The van der Waals surface area contributed by atoms with Crippen molar-refractivity contribution in [2.24, 2.45) is 0 Å². The van der Waals surface area contributed by atoms with Gasteiger partial charge in [0.15, 0.2) is 17.6 Å². The lowest BCUT2D eigenvalue weighted by molar-refractivity contribution is -0.148. The first-order valence-corrected chi connectivity index (χ1v) is 7.30. The number of nitrogens with one attached hydrogen (secondary N) is 1. The van der Waals surface area contributed by atoms with E-state index in [1.54, 1.807) is 43.5 Å². The maximum absolute atomic E-state index is 12.0. The van der Waals surface area contributed by atoms with Crippen molar-refractivity contribution in [1.29, 1.82) is 0 Å². The Kier molecular flexibility index (Phi) is 5.95. The van der Waals surface area contributed by atoms with Crippen LogP contribution in [0.2, 0.25) is 0 Å². The molecule has 0 aliphatic heterocycles. The van der Waals surface area contributed by atoms with E-state index in [4.69, 9.17) is 9.57 Å². The van der Waals surface area contributed by atoms with Gasteiger partial charge in [0.1, 0.15) is 5.76 Å². The smallest absolute Gasteiger partial charge is 0.340 e. The van der Waals surface area contributed by atoms with Gasteiger partial charge in [-0.05, 0) is 35.4 Å². The third-order valence-electron chi connectivity index (χ3n) is 3.17. The lowest BCUT2D eigenvalue weighted by Crippen LogP contribution is -2.25. The molecule has 6 nitrogen and oxygen atoms in total. The van der Waals surface area contributed by atoms with Gasteiger partial charge in [-0.1, -0.05) is 30.9 Å². The van der Waals surface area contributed by atoms with Crippen LogP contribution in [0.1, 0.15) is 5.56 Å². The molecule has 0 radical (unpaired) electrons. The van der Waals surface area contributed by atoms with Crippen LogP contribution in [-0.4, -0.2) is 29.3 Å². The van der Waals surface area contributed by atoms with Crippen LogP contribution in [0.4, 0.5) is 0 Å². The van der Waals surface area contributed by atoms with Gasteiger partial charge in [0.05, 0.1) is 0 Å². The number of ether oxygens (including phenoxy) is 1. The van der Waals surface area contributed by atoms with E-state index in [9.17, 15) is 15.0 Å². The molecule has 0 aromatic heterocycles. The van der Waals surface area contributed by atoms with E-state index in [0.717, 1.165) is 0 Å². The fourth-order valence-electron chi connectivity index (χ4n) is 2.04. The quantitative estimate of drug-likeness (QED) is 0.546. The molecule has 2 rings (SSSR count). The number of carbonyl (C=O) groups excluding carboxylic acids is 1. The number of hydrogen-bond donors (Lipinski definition) is 3. The van der Waals surface area contributed by atoms with Crippen molar-refractivity contribution in [2.45, 2.75) is 12.5 Å². The number of hydroxylamine groups is 1. The molecule has 0 saturated heterocycles. The number of aliphatic hydroxyl groups is 1. The highest BCUT2D eigenvalue weighted by atomic mass is 16.6. The molecule has 1 aliphatic rings. The maximum atomic E-state index is 12.0. The number of carbonyl (C=O) groups is 1. The monoisotopic (exact) mass is 329 g/mol. The molecule has 1 aromatic carbocycles. The van der Waals surface area contributed by atoms with Gasteiger partial charge >= 0.3 is 5.97 Å². The highest BCUT2D eigenvalue weighted by Crippen LogP contribution is 2.26. The standard InChI is InChI=1S/C18H19NO5/c1-12-5-3-4-6-14(9-12)23-18(22)16(21)10-13-7-8-15(20)17(11-13)24-19-2/h3-9,11,16,19-21H,1,10H2,2H3. The zero-order valence-electron chi connectivity index (χ0n) is 13.2. The van der Waals surface area contributed by atoms with Crippen molar-refractivity contribution >= 4 is 5.97 Å². The number of esters is 1. The first kappa shape index (κ1) is 17.5. The first-order valence-electron chi connectivity index (χ1n) is 7.30. The highest BCUT2D eigenvalue weighted by molar-refractivity contribution is 5.76. The minimum atomic E-state index is -1.35. The molecule has 1 atom stereocenters. The summed E-state index contributed by atoms with van der Waals surface area (Å²) in [7, 11) is 1.55. The summed E-state index contributed by atoms with van der Waals surface area (Å²) >= 11 is 0. The molecule has 126 valence electrons. The second-order valence-electron chi connectivity index (χ2n) is 5.09. The number of allylic oxidation sites excluding steroid dienone is 6. The number of hydrogen-bond acceptors (Lipinski definition) is 6. The summed E-state index contributed by atoms with van der Waals surface area (Å²) in [6.07, 6.45) is 7.14. The van der Waals surface area contributed by atoms with E-state index in [-0.39, 0.29) is 17.9 Å². The Labute approximate surface area is 140 Å². The van der Waals surface area contributed by atoms with Crippen LogP contribution in [0.5, 0.6) is 11.5 Å². The average Bonchev–Trinajstić information content (AvgIpc) is 2.74. The van der Waals surface area contributed by atoms with Crippen LogP contribution in [-0.2, 0) is 16.0 Å². The Morgan fingerprint density at radius 1 is 1.33 bits per heavy atom. The molecule has 0 bridgehead atoms. The zero-order valence-corrected chi connectivity index (χ0v) is 13.2. The Balaban J connectivity index is 2.01. The summed E-state index contributed by atoms with van der Waals surface area (Å²) in [6, 6.07) is 4.54. The summed E-state index contributed by atoms with van der Waals surface area (Å²) in [5, 5.41) is 19.7. The van der Waals surface area contributed by atoms with Crippen molar-refractivity contribution < 1.29 is 24.6 Å². The predicted octanol–water partition coefficient (Wildman–Crippen LogP) is 1.92. The van der Waals surface area contributed by atoms with Gasteiger partial charge in [0, 0.05) is 13.5 Å². The molecule has 0 spiro atoms. The second-order valence-corrected chi connectivity index (χ2v) is 5.09. The molecule has 0 saturated carbocycles. The number of aromatic hydroxyl groups is 1. The third kappa shape index (κ3) is 4.84. The molecule has 1 aliphatic carbocycles.